The quantitative estimate of drug-likeness (QED) is 0.328. The highest BCUT2D eigenvalue weighted by molar-refractivity contribution is 5.94. The van der Waals surface area contributed by atoms with E-state index in [1.54, 1.807) is 40.0 Å². The molecule has 1 amide bonds. The fraction of sp³-hybridized carbons (Fsp3) is 0.276. The van der Waals surface area contributed by atoms with E-state index >= 15 is 0 Å². The molecule has 0 aliphatic heterocycles. The monoisotopic (exact) mass is 521 g/mol. The molecule has 0 aliphatic carbocycles. The molecule has 0 bridgehead atoms. The second-order valence-corrected chi connectivity index (χ2v) is 9.66. The number of nitrogens with zero attached hydrogens (tertiary/aromatic N) is 1. The maximum absolute atomic E-state index is 12.7. The molecular weight excluding hydrogens is 490 g/mol. The van der Waals surface area contributed by atoms with Crippen LogP contribution in [-0.2, 0) is 20.8 Å². The Bertz CT molecular complexity index is 1370. The Morgan fingerprint density at radius 3 is 1.74 bits per heavy atom. The lowest BCUT2D eigenvalue weighted by atomic mass is 9.93. The number of phenolic OH excluding ortho intramolecular Hbond substituents is 2. The fourth-order valence-electron chi connectivity index (χ4n) is 3.82. The summed E-state index contributed by atoms with van der Waals surface area (Å²) in [6, 6.07) is 14.7. The summed E-state index contributed by atoms with van der Waals surface area (Å²) in [4.78, 5) is 37.9. The number of ether oxygens (including phenoxy) is 3. The molecule has 200 valence electrons. The van der Waals surface area contributed by atoms with Crippen molar-refractivity contribution >= 4 is 18.0 Å². The van der Waals surface area contributed by atoms with Crippen LogP contribution in [0.3, 0.4) is 0 Å². The van der Waals surface area contributed by atoms with Crippen molar-refractivity contribution in [2.45, 2.75) is 32.9 Å². The third-order valence-electron chi connectivity index (χ3n) is 5.67. The van der Waals surface area contributed by atoms with Gasteiger partial charge in [-0.15, -0.1) is 0 Å². The zero-order valence-electron chi connectivity index (χ0n) is 22.2. The Balaban J connectivity index is 2.08. The number of amides is 1. The molecule has 0 heterocycles. The standard InChI is InChI=1S/C29H31NO8/c1-29(2,3)38-28(35)30(4)16-20-13-17(18-8-11-22(24(31)14-18)26(33)36-5)7-10-21(20)19-9-12-23(25(32)15-19)27(34)37-6/h7-15,31-32H,16H2,1-6H3. The van der Waals surface area contributed by atoms with Crippen LogP contribution in [0, 0.1) is 0 Å². The minimum atomic E-state index is -0.676. The van der Waals surface area contributed by atoms with Gasteiger partial charge < -0.3 is 29.3 Å². The number of carbonyl (C=O) groups excluding carboxylic acids is 3. The van der Waals surface area contributed by atoms with Crippen molar-refractivity contribution in [2.24, 2.45) is 0 Å². The summed E-state index contributed by atoms with van der Waals surface area (Å²) >= 11 is 0. The number of benzene rings is 3. The van der Waals surface area contributed by atoms with Gasteiger partial charge in [0.1, 0.15) is 28.2 Å². The molecule has 0 radical (unpaired) electrons. The van der Waals surface area contributed by atoms with E-state index in [1.165, 1.54) is 43.4 Å². The first-order valence-corrected chi connectivity index (χ1v) is 11.7. The van der Waals surface area contributed by atoms with Crippen molar-refractivity contribution in [1.82, 2.24) is 4.90 Å². The van der Waals surface area contributed by atoms with Gasteiger partial charge in [-0.1, -0.05) is 24.3 Å². The van der Waals surface area contributed by atoms with Gasteiger partial charge in [0.25, 0.3) is 0 Å². The molecule has 0 aliphatic rings. The van der Waals surface area contributed by atoms with Gasteiger partial charge in [-0.25, -0.2) is 14.4 Å². The van der Waals surface area contributed by atoms with Gasteiger partial charge in [-0.2, -0.15) is 0 Å². The van der Waals surface area contributed by atoms with E-state index in [4.69, 9.17) is 9.47 Å². The molecule has 3 rings (SSSR count). The van der Waals surface area contributed by atoms with Gasteiger partial charge in [0.05, 0.1) is 14.2 Å². The lowest BCUT2D eigenvalue weighted by Gasteiger charge is -2.25. The number of rotatable bonds is 6. The van der Waals surface area contributed by atoms with Crippen LogP contribution in [0.4, 0.5) is 4.79 Å². The van der Waals surface area contributed by atoms with E-state index < -0.39 is 23.6 Å². The Morgan fingerprint density at radius 1 is 0.763 bits per heavy atom. The van der Waals surface area contributed by atoms with E-state index in [1.807, 2.05) is 18.2 Å². The Morgan fingerprint density at radius 2 is 1.24 bits per heavy atom. The number of esters is 2. The van der Waals surface area contributed by atoms with Crippen molar-refractivity contribution in [3.63, 3.8) is 0 Å². The first-order valence-electron chi connectivity index (χ1n) is 11.7. The summed E-state index contributed by atoms with van der Waals surface area (Å²) in [6.45, 7) is 5.49. The molecule has 0 aromatic heterocycles. The van der Waals surface area contributed by atoms with Crippen LogP contribution in [0.5, 0.6) is 11.5 Å². The van der Waals surface area contributed by atoms with Gasteiger partial charge in [-0.3, -0.25) is 0 Å². The van der Waals surface area contributed by atoms with Crippen LogP contribution in [0.2, 0.25) is 0 Å². The summed E-state index contributed by atoms with van der Waals surface area (Å²) in [5, 5.41) is 20.8. The largest absolute Gasteiger partial charge is 0.507 e. The molecule has 2 N–H and O–H groups in total. The molecule has 0 saturated carbocycles. The third kappa shape index (κ3) is 6.42. The van der Waals surface area contributed by atoms with Crippen LogP contribution in [0.1, 0.15) is 47.1 Å². The van der Waals surface area contributed by atoms with Gasteiger partial charge in [0.2, 0.25) is 0 Å². The van der Waals surface area contributed by atoms with Gasteiger partial charge in [0, 0.05) is 13.6 Å². The molecule has 9 nitrogen and oxygen atoms in total. The fourth-order valence-corrected chi connectivity index (χ4v) is 3.82. The Hall–Kier alpha value is -4.53. The van der Waals surface area contributed by atoms with E-state index in [-0.39, 0.29) is 29.2 Å². The number of carbonyl (C=O) groups is 3. The molecule has 9 heteroatoms. The van der Waals surface area contributed by atoms with Crippen LogP contribution < -0.4 is 0 Å². The Labute approximate surface area is 221 Å². The van der Waals surface area contributed by atoms with Gasteiger partial charge >= 0.3 is 18.0 Å². The number of methoxy groups -OCH3 is 2. The normalized spacial score (nSPS) is 11.0. The maximum atomic E-state index is 12.7. The number of hydrogen-bond donors (Lipinski definition) is 2. The number of phenols is 2. The molecular formula is C29H31NO8. The van der Waals surface area contributed by atoms with Crippen molar-refractivity contribution < 1.29 is 38.8 Å². The van der Waals surface area contributed by atoms with E-state index in [0.29, 0.717) is 27.8 Å². The molecule has 38 heavy (non-hydrogen) atoms. The minimum Gasteiger partial charge on any atom is -0.507 e. The second kappa shape index (κ2) is 11.2. The molecule has 0 spiro atoms. The number of aromatic hydroxyl groups is 2. The predicted octanol–water partition coefficient (Wildman–Crippen LogP) is 5.37. The first kappa shape index (κ1) is 28.0. The molecule has 0 fully saturated rings. The van der Waals surface area contributed by atoms with Crippen molar-refractivity contribution in [2.75, 3.05) is 21.3 Å². The van der Waals surface area contributed by atoms with Gasteiger partial charge in [0.15, 0.2) is 0 Å². The van der Waals surface area contributed by atoms with Gasteiger partial charge in [-0.05, 0) is 78.9 Å². The summed E-state index contributed by atoms with van der Waals surface area (Å²) in [6.07, 6.45) is -0.516. The average Bonchev–Trinajstić information content (AvgIpc) is 2.86. The van der Waals surface area contributed by atoms with Crippen molar-refractivity contribution in [3.8, 4) is 33.8 Å². The SMILES string of the molecule is COC(=O)c1ccc(-c2ccc(-c3ccc(C(=O)OC)c(O)c3)c(CN(C)C(=O)OC(C)(C)C)c2)cc1O. The lowest BCUT2D eigenvalue weighted by Crippen LogP contribution is -2.33. The van der Waals surface area contributed by atoms with E-state index in [2.05, 4.69) is 4.74 Å². The zero-order valence-corrected chi connectivity index (χ0v) is 22.2. The average molecular weight is 522 g/mol. The van der Waals surface area contributed by atoms with Crippen molar-refractivity contribution in [3.05, 3.63) is 71.3 Å². The van der Waals surface area contributed by atoms with Crippen LogP contribution in [-0.4, -0.2) is 60.0 Å². The molecule has 0 saturated heterocycles. The highest BCUT2D eigenvalue weighted by Crippen LogP contribution is 2.34. The first-order chi connectivity index (χ1) is 17.8. The van der Waals surface area contributed by atoms with Crippen LogP contribution >= 0.6 is 0 Å². The van der Waals surface area contributed by atoms with Crippen LogP contribution in [0.25, 0.3) is 22.3 Å². The molecule has 0 unspecified atom stereocenters. The Kier molecular flexibility index (Phi) is 8.30. The lowest BCUT2D eigenvalue weighted by molar-refractivity contribution is 0.0285. The highest BCUT2D eigenvalue weighted by Gasteiger charge is 2.22. The number of hydrogen-bond acceptors (Lipinski definition) is 8. The van der Waals surface area contributed by atoms with Crippen molar-refractivity contribution in [1.29, 1.82) is 0 Å². The third-order valence-corrected chi connectivity index (χ3v) is 5.67. The van der Waals surface area contributed by atoms with E-state index in [0.717, 1.165) is 0 Å². The van der Waals surface area contributed by atoms with Crippen LogP contribution in [0.15, 0.2) is 54.6 Å². The molecule has 0 atom stereocenters. The second-order valence-electron chi connectivity index (χ2n) is 9.66. The molecule has 3 aromatic carbocycles. The summed E-state index contributed by atoms with van der Waals surface area (Å²) in [7, 11) is 4.07. The maximum Gasteiger partial charge on any atom is 0.410 e. The molecule has 3 aromatic rings. The van der Waals surface area contributed by atoms with E-state index in [9.17, 15) is 24.6 Å². The topological polar surface area (TPSA) is 123 Å². The highest BCUT2D eigenvalue weighted by atomic mass is 16.6. The summed E-state index contributed by atoms with van der Waals surface area (Å²) in [5.41, 5.74) is 2.75. The summed E-state index contributed by atoms with van der Waals surface area (Å²) < 4.78 is 14.9. The smallest absolute Gasteiger partial charge is 0.410 e. The minimum absolute atomic E-state index is 0.0291. The summed E-state index contributed by atoms with van der Waals surface area (Å²) in [5.74, 6) is -1.79. The predicted molar refractivity (Wildman–Crippen MR) is 141 cm³/mol. The zero-order chi connectivity index (χ0) is 28.2.